The second kappa shape index (κ2) is 9.16. The molecule has 0 unspecified atom stereocenters. The molecule has 2 aromatic rings. The molecule has 0 atom stereocenters. The van der Waals surface area contributed by atoms with Crippen LogP contribution < -0.4 is 14.8 Å². The summed E-state index contributed by atoms with van der Waals surface area (Å²) in [6.45, 7) is 5.72. The maximum atomic E-state index is 5.92. The Hall–Kier alpha value is -2.07. The number of benzene rings is 1. The van der Waals surface area contributed by atoms with Crippen molar-refractivity contribution in [2.24, 2.45) is 0 Å². The molecule has 4 heteroatoms. The molecule has 0 saturated heterocycles. The van der Waals surface area contributed by atoms with Gasteiger partial charge in [-0.3, -0.25) is 4.98 Å². The summed E-state index contributed by atoms with van der Waals surface area (Å²) in [5, 5.41) is 3.57. The van der Waals surface area contributed by atoms with Crippen LogP contribution in [0.1, 0.15) is 37.8 Å². The molecule has 23 heavy (non-hydrogen) atoms. The molecule has 0 aliphatic heterocycles. The van der Waals surface area contributed by atoms with Crippen LogP contribution in [0, 0.1) is 0 Å². The summed E-state index contributed by atoms with van der Waals surface area (Å²) in [7, 11) is 1.66. The van der Waals surface area contributed by atoms with E-state index >= 15 is 0 Å². The Morgan fingerprint density at radius 2 is 1.91 bits per heavy atom. The van der Waals surface area contributed by atoms with Gasteiger partial charge in [0.1, 0.15) is 6.61 Å². The van der Waals surface area contributed by atoms with Crippen molar-refractivity contribution >= 4 is 0 Å². The first-order chi connectivity index (χ1) is 11.3. The first-order valence-corrected chi connectivity index (χ1v) is 8.18. The second-order valence-electron chi connectivity index (χ2n) is 5.53. The summed E-state index contributed by atoms with van der Waals surface area (Å²) in [6.07, 6.45) is 5.84. The van der Waals surface area contributed by atoms with E-state index in [9.17, 15) is 0 Å². The SMILES string of the molecule is CCC(CC)NCc1ccc(OC)c(OCc2cccnc2)c1. The standard InChI is InChI=1S/C19H26N2O2/c1-4-17(5-2)21-13-15-8-9-18(22-3)19(11-15)23-14-16-7-6-10-20-12-16/h6-12,17,21H,4-5,13-14H2,1-3H3. The number of hydrogen-bond acceptors (Lipinski definition) is 4. The molecule has 0 amide bonds. The van der Waals surface area contributed by atoms with E-state index in [-0.39, 0.29) is 0 Å². The summed E-state index contributed by atoms with van der Waals surface area (Å²) in [4.78, 5) is 4.10. The van der Waals surface area contributed by atoms with Gasteiger partial charge in [-0.1, -0.05) is 26.0 Å². The van der Waals surface area contributed by atoms with Gasteiger partial charge in [-0.05, 0) is 36.6 Å². The molecule has 0 radical (unpaired) electrons. The van der Waals surface area contributed by atoms with E-state index in [0.717, 1.165) is 36.4 Å². The van der Waals surface area contributed by atoms with Crippen molar-refractivity contribution < 1.29 is 9.47 Å². The zero-order chi connectivity index (χ0) is 16.5. The smallest absolute Gasteiger partial charge is 0.161 e. The van der Waals surface area contributed by atoms with Crippen LogP contribution in [-0.2, 0) is 13.2 Å². The Morgan fingerprint density at radius 1 is 1.09 bits per heavy atom. The molecule has 124 valence electrons. The molecule has 0 bridgehead atoms. The van der Waals surface area contributed by atoms with Crippen LogP contribution in [0.4, 0.5) is 0 Å². The van der Waals surface area contributed by atoms with Crippen LogP contribution in [0.5, 0.6) is 11.5 Å². The van der Waals surface area contributed by atoms with Crippen LogP contribution in [0.25, 0.3) is 0 Å². The number of nitrogens with one attached hydrogen (secondary N) is 1. The molecule has 4 nitrogen and oxygen atoms in total. The minimum Gasteiger partial charge on any atom is -0.493 e. The number of aromatic nitrogens is 1. The fourth-order valence-electron chi connectivity index (χ4n) is 2.43. The van der Waals surface area contributed by atoms with Gasteiger partial charge in [0.25, 0.3) is 0 Å². The van der Waals surface area contributed by atoms with E-state index in [4.69, 9.17) is 9.47 Å². The second-order valence-corrected chi connectivity index (χ2v) is 5.53. The Balaban J connectivity index is 2.03. The van der Waals surface area contributed by atoms with Crippen LogP contribution in [-0.4, -0.2) is 18.1 Å². The summed E-state index contributed by atoms with van der Waals surface area (Å²) < 4.78 is 11.3. The lowest BCUT2D eigenvalue weighted by molar-refractivity contribution is 0.283. The van der Waals surface area contributed by atoms with Crippen LogP contribution in [0.2, 0.25) is 0 Å². The summed E-state index contributed by atoms with van der Waals surface area (Å²) in [6, 6.07) is 10.5. The molecule has 0 aliphatic carbocycles. The number of ether oxygens (including phenoxy) is 2. The fourth-order valence-corrected chi connectivity index (χ4v) is 2.43. The number of nitrogens with zero attached hydrogens (tertiary/aromatic N) is 1. The predicted octanol–water partition coefficient (Wildman–Crippen LogP) is 3.95. The average Bonchev–Trinajstić information content (AvgIpc) is 2.62. The Bertz CT molecular complexity index is 583. The number of hydrogen-bond donors (Lipinski definition) is 1. The van der Waals surface area contributed by atoms with Crippen molar-refractivity contribution in [3.8, 4) is 11.5 Å². The van der Waals surface area contributed by atoms with E-state index in [2.05, 4.69) is 30.2 Å². The van der Waals surface area contributed by atoms with Crippen molar-refractivity contribution in [2.75, 3.05) is 7.11 Å². The lowest BCUT2D eigenvalue weighted by Crippen LogP contribution is -2.26. The first kappa shape index (κ1) is 17.3. The lowest BCUT2D eigenvalue weighted by Gasteiger charge is -2.16. The highest BCUT2D eigenvalue weighted by atomic mass is 16.5. The third-order valence-electron chi connectivity index (χ3n) is 3.93. The Kier molecular flexibility index (Phi) is 6.88. The largest absolute Gasteiger partial charge is 0.493 e. The molecule has 0 saturated carbocycles. The third kappa shape index (κ3) is 5.25. The third-order valence-corrected chi connectivity index (χ3v) is 3.93. The zero-order valence-corrected chi connectivity index (χ0v) is 14.2. The van der Waals surface area contributed by atoms with Crippen LogP contribution >= 0.6 is 0 Å². The molecule has 2 rings (SSSR count). The van der Waals surface area contributed by atoms with Gasteiger partial charge in [0.2, 0.25) is 0 Å². The first-order valence-electron chi connectivity index (χ1n) is 8.18. The van der Waals surface area contributed by atoms with E-state index in [1.165, 1.54) is 5.56 Å². The fraction of sp³-hybridized carbons (Fsp3) is 0.421. The molecular formula is C19H26N2O2. The van der Waals surface area contributed by atoms with Gasteiger partial charge in [-0.25, -0.2) is 0 Å². The quantitative estimate of drug-likeness (QED) is 0.761. The maximum absolute atomic E-state index is 5.92. The molecule has 1 heterocycles. The van der Waals surface area contributed by atoms with Crippen molar-refractivity contribution in [3.63, 3.8) is 0 Å². The van der Waals surface area contributed by atoms with Crippen molar-refractivity contribution in [1.82, 2.24) is 10.3 Å². The van der Waals surface area contributed by atoms with Gasteiger partial charge in [0.15, 0.2) is 11.5 Å². The highest BCUT2D eigenvalue weighted by Gasteiger charge is 2.08. The van der Waals surface area contributed by atoms with Gasteiger partial charge in [-0.2, -0.15) is 0 Å². The minimum atomic E-state index is 0.480. The minimum absolute atomic E-state index is 0.480. The monoisotopic (exact) mass is 314 g/mol. The summed E-state index contributed by atoms with van der Waals surface area (Å²) >= 11 is 0. The normalized spacial score (nSPS) is 10.8. The molecule has 1 N–H and O–H groups in total. The zero-order valence-electron chi connectivity index (χ0n) is 14.2. The van der Waals surface area contributed by atoms with Gasteiger partial charge in [0.05, 0.1) is 7.11 Å². The van der Waals surface area contributed by atoms with Gasteiger partial charge in [0, 0.05) is 30.5 Å². The molecular weight excluding hydrogens is 288 g/mol. The van der Waals surface area contributed by atoms with Gasteiger partial charge in [-0.15, -0.1) is 0 Å². The molecule has 0 spiro atoms. The van der Waals surface area contributed by atoms with E-state index < -0.39 is 0 Å². The maximum Gasteiger partial charge on any atom is 0.161 e. The van der Waals surface area contributed by atoms with Crippen LogP contribution in [0.3, 0.4) is 0 Å². The van der Waals surface area contributed by atoms with Crippen LogP contribution in [0.15, 0.2) is 42.7 Å². The summed E-state index contributed by atoms with van der Waals surface area (Å²) in [5.74, 6) is 1.51. The number of pyridine rings is 1. The lowest BCUT2D eigenvalue weighted by atomic mass is 10.1. The topological polar surface area (TPSA) is 43.4 Å². The predicted molar refractivity (Wildman–Crippen MR) is 92.8 cm³/mol. The van der Waals surface area contributed by atoms with Crippen molar-refractivity contribution in [1.29, 1.82) is 0 Å². The van der Waals surface area contributed by atoms with E-state index in [0.29, 0.717) is 12.6 Å². The Morgan fingerprint density at radius 3 is 2.57 bits per heavy atom. The number of methoxy groups -OCH3 is 1. The van der Waals surface area contributed by atoms with Gasteiger partial charge < -0.3 is 14.8 Å². The van der Waals surface area contributed by atoms with E-state index in [1.54, 1.807) is 13.3 Å². The molecule has 1 aromatic heterocycles. The molecule has 1 aromatic carbocycles. The van der Waals surface area contributed by atoms with Crippen molar-refractivity contribution in [2.45, 2.75) is 45.9 Å². The van der Waals surface area contributed by atoms with Crippen molar-refractivity contribution in [3.05, 3.63) is 53.9 Å². The Labute approximate surface area is 138 Å². The number of rotatable bonds is 9. The average molecular weight is 314 g/mol. The van der Waals surface area contributed by atoms with E-state index in [1.807, 2.05) is 30.5 Å². The highest BCUT2D eigenvalue weighted by Crippen LogP contribution is 2.29. The highest BCUT2D eigenvalue weighted by molar-refractivity contribution is 5.43. The molecule has 0 aliphatic rings. The molecule has 0 fully saturated rings. The van der Waals surface area contributed by atoms with Gasteiger partial charge >= 0.3 is 0 Å². The summed E-state index contributed by atoms with van der Waals surface area (Å²) in [5.41, 5.74) is 2.23.